The van der Waals surface area contributed by atoms with Gasteiger partial charge in [-0.15, -0.1) is 22.7 Å². The largest absolute Gasteiger partial charge is 0.507 e. The number of unbranched alkanes of at least 4 members (excludes halogenated alkanes) is 4. The average Bonchev–Trinajstić information content (AvgIpc) is 4.02. The molecular weight excluding hydrogens is 927 g/mol. The minimum atomic E-state index is -0.262. The van der Waals surface area contributed by atoms with Crippen molar-refractivity contribution in [3.05, 3.63) is 85.6 Å². The van der Waals surface area contributed by atoms with Gasteiger partial charge in [0, 0.05) is 52.8 Å². The Kier molecular flexibility index (Phi) is 15.7. The van der Waals surface area contributed by atoms with E-state index in [1.165, 1.54) is 42.4 Å². The molecule has 1 fully saturated rings. The third kappa shape index (κ3) is 10.5. The molecule has 0 radical (unpaired) electrons. The Morgan fingerprint density at radius 1 is 0.682 bits per heavy atom. The van der Waals surface area contributed by atoms with E-state index in [2.05, 4.69) is 106 Å². The van der Waals surface area contributed by atoms with Gasteiger partial charge in [0.05, 0.1) is 36.3 Å². The number of halogens is 1. The van der Waals surface area contributed by atoms with E-state index in [9.17, 15) is 10.2 Å². The van der Waals surface area contributed by atoms with Crippen molar-refractivity contribution in [2.24, 2.45) is 11.8 Å². The topological polar surface area (TPSA) is 103 Å². The molecule has 2 aliphatic carbocycles. The van der Waals surface area contributed by atoms with E-state index in [0.29, 0.717) is 23.3 Å². The van der Waals surface area contributed by atoms with Crippen LogP contribution < -0.4 is 14.3 Å². The first-order valence-corrected chi connectivity index (χ1v) is 27.0. The third-order valence-electron chi connectivity index (χ3n) is 15.1. The van der Waals surface area contributed by atoms with E-state index in [-0.39, 0.29) is 41.4 Å². The summed E-state index contributed by atoms with van der Waals surface area (Å²) in [5.41, 5.74) is 10.8. The van der Waals surface area contributed by atoms with Gasteiger partial charge in [-0.1, -0.05) is 62.8 Å². The molecule has 0 spiro atoms. The van der Waals surface area contributed by atoms with Crippen LogP contribution >= 0.6 is 38.6 Å². The Morgan fingerprint density at radius 2 is 1.17 bits per heavy atom. The summed E-state index contributed by atoms with van der Waals surface area (Å²) < 4.78 is 26.5. The van der Waals surface area contributed by atoms with Crippen LogP contribution in [0.1, 0.15) is 181 Å². The molecule has 5 heterocycles. The van der Waals surface area contributed by atoms with Crippen molar-refractivity contribution in [3.8, 4) is 33.4 Å². The second kappa shape index (κ2) is 20.4. The van der Waals surface area contributed by atoms with Crippen LogP contribution in [0.25, 0.3) is 10.4 Å². The molecular formula is C54H74BBrN2O6S2. The molecule has 8 nitrogen and oxygen atoms in total. The minimum Gasteiger partial charge on any atom is -0.507 e. The maximum Gasteiger partial charge on any atom is 0.507 e. The number of thiazole rings is 2. The van der Waals surface area contributed by atoms with Crippen molar-refractivity contribution >= 4 is 50.5 Å². The van der Waals surface area contributed by atoms with Crippen LogP contribution in [0.3, 0.4) is 0 Å². The Labute approximate surface area is 412 Å². The highest BCUT2D eigenvalue weighted by Gasteiger charge is 2.52. The van der Waals surface area contributed by atoms with Crippen molar-refractivity contribution in [3.63, 3.8) is 0 Å². The van der Waals surface area contributed by atoms with Gasteiger partial charge in [0.1, 0.15) is 34.2 Å². The lowest BCUT2D eigenvalue weighted by atomic mass is 9.67. The monoisotopic (exact) mass is 1000 g/mol. The van der Waals surface area contributed by atoms with Crippen molar-refractivity contribution < 1.29 is 29.0 Å². The van der Waals surface area contributed by atoms with Gasteiger partial charge < -0.3 is 29.0 Å². The van der Waals surface area contributed by atoms with Crippen LogP contribution in [0.5, 0.6) is 23.0 Å². The number of hydrogen-bond acceptors (Lipinski definition) is 10. The summed E-state index contributed by atoms with van der Waals surface area (Å²) >= 11 is 6.80. The zero-order valence-electron chi connectivity index (χ0n) is 41.6. The predicted octanol–water partition coefficient (Wildman–Crippen LogP) is 14.8. The van der Waals surface area contributed by atoms with Gasteiger partial charge in [-0.2, -0.15) is 0 Å². The van der Waals surface area contributed by atoms with E-state index in [0.717, 1.165) is 99.2 Å². The lowest BCUT2D eigenvalue weighted by Crippen LogP contribution is -2.45. The number of aryl methyl sites for hydroxylation is 2. The molecule has 0 bridgehead atoms. The van der Waals surface area contributed by atoms with Crippen LogP contribution in [0, 0.1) is 11.8 Å². The maximum atomic E-state index is 11.5. The fourth-order valence-corrected chi connectivity index (χ4v) is 12.4. The highest BCUT2D eigenvalue weighted by atomic mass is 79.9. The SMILES string of the molecule is CC1(C)OB(c2cncs2)OC1(C)C.CCCCCc1cc2c(c(O)c1-c1cncs1)[C@@H]1C=C(C)CC[C@H]1C(C)(C)O2.CCCCCc1cc2c(c(O)c1Br)[C@@H]1C=C(C)CC[C@H]1C(C)(C)O2. The molecule has 1 saturated heterocycles. The highest BCUT2D eigenvalue weighted by Crippen LogP contribution is 2.57. The number of ether oxygens (including phenoxy) is 2. The number of rotatable bonds is 10. The zero-order chi connectivity index (χ0) is 47.8. The summed E-state index contributed by atoms with van der Waals surface area (Å²) in [5.74, 6) is 3.80. The van der Waals surface area contributed by atoms with E-state index in [1.807, 2.05) is 39.4 Å². The maximum absolute atomic E-state index is 11.5. The number of hydrogen-bond donors (Lipinski definition) is 2. The van der Waals surface area contributed by atoms with Crippen LogP contribution in [0.2, 0.25) is 0 Å². The standard InChI is InChI=1S/C24H31NO2S.C21H29BrO2.C9H14BNO2S/c1-5-6-7-8-16-12-19-22(23(26)21(16)20-13-25-14-28-20)17-11-15(2)9-10-18(17)24(3,4)27-19;1-5-6-7-8-14-12-17-18(20(23)19(14)22)15-11-13(2)9-10-16(15)21(3,4)24-17;1-8(2)9(3,4)13-10(12-8)7-5-11-6-14-7/h11-14,17-18,26H,5-10H2,1-4H3;11-12,15-16,23H,5-10H2,1-4H3;5-6H,1-4H3/t17-,18-;15-,16-;/m11./s1. The molecule has 2 N–H and O–H groups in total. The summed E-state index contributed by atoms with van der Waals surface area (Å²) in [4.78, 5) is 9.34. The van der Waals surface area contributed by atoms with Gasteiger partial charge in [0.2, 0.25) is 0 Å². The Bertz CT molecular complexity index is 2360. The van der Waals surface area contributed by atoms with Gasteiger partial charge in [0.15, 0.2) is 0 Å². The first-order valence-electron chi connectivity index (χ1n) is 24.5. The molecule has 3 aliphatic heterocycles. The summed E-state index contributed by atoms with van der Waals surface area (Å²) in [6.45, 7) is 25.8. The molecule has 358 valence electrons. The normalized spacial score (nSPS) is 23.7. The number of aromatic hydroxyl groups is 2. The smallest absolute Gasteiger partial charge is 0.507 e. The Morgan fingerprint density at radius 3 is 1.65 bits per heavy atom. The van der Waals surface area contributed by atoms with Gasteiger partial charge in [-0.3, -0.25) is 9.97 Å². The van der Waals surface area contributed by atoms with Gasteiger partial charge >= 0.3 is 7.12 Å². The quantitative estimate of drug-likeness (QED) is 0.0920. The van der Waals surface area contributed by atoms with Gasteiger partial charge in [-0.05, 0) is 160 Å². The lowest BCUT2D eigenvalue weighted by molar-refractivity contribution is 0.00578. The number of phenolic OH excluding ortho intramolecular Hbond substituents is 2. The molecule has 0 amide bonds. The number of nitrogens with zero attached hydrogens (tertiary/aromatic N) is 2. The third-order valence-corrected chi connectivity index (χ3v) is 17.6. The first kappa shape index (κ1) is 50.7. The second-order valence-corrected chi connectivity index (χ2v) is 23.9. The summed E-state index contributed by atoms with van der Waals surface area (Å²) in [5, 5.41) is 22.4. The molecule has 2 aromatic carbocycles. The van der Waals surface area contributed by atoms with Crippen LogP contribution in [-0.2, 0) is 22.2 Å². The van der Waals surface area contributed by atoms with E-state index >= 15 is 0 Å². The summed E-state index contributed by atoms with van der Waals surface area (Å²) in [6, 6.07) is 4.36. The number of benzene rings is 2. The molecule has 2 aromatic heterocycles. The average molecular weight is 1000 g/mol. The second-order valence-electron chi connectivity index (χ2n) is 21.3. The number of aromatic nitrogens is 2. The van der Waals surface area contributed by atoms with E-state index in [4.69, 9.17) is 18.8 Å². The molecule has 4 atom stereocenters. The predicted molar refractivity (Wildman–Crippen MR) is 277 cm³/mol. The molecule has 0 unspecified atom stereocenters. The number of fused-ring (bicyclic) bond motifs is 6. The number of phenols is 2. The Balaban J connectivity index is 0.000000155. The van der Waals surface area contributed by atoms with Gasteiger partial charge in [0.25, 0.3) is 0 Å². The molecule has 12 heteroatoms. The lowest BCUT2D eigenvalue weighted by Gasteiger charge is -2.46. The van der Waals surface area contributed by atoms with E-state index in [1.54, 1.807) is 34.4 Å². The molecule has 0 saturated carbocycles. The van der Waals surface area contributed by atoms with Crippen LogP contribution in [-0.4, -0.2) is 49.7 Å². The molecule has 9 rings (SSSR count). The van der Waals surface area contributed by atoms with Crippen molar-refractivity contribution in [2.45, 2.75) is 194 Å². The fraction of sp³-hybridized carbons (Fsp3) is 0.593. The van der Waals surface area contributed by atoms with Crippen LogP contribution in [0.4, 0.5) is 0 Å². The Hall–Kier alpha value is -3.16. The van der Waals surface area contributed by atoms with Crippen molar-refractivity contribution in [1.82, 2.24) is 9.97 Å². The molecule has 5 aliphatic rings. The first-order chi connectivity index (χ1) is 31.2. The van der Waals surface area contributed by atoms with Gasteiger partial charge in [-0.25, -0.2) is 0 Å². The minimum absolute atomic E-state index is 0.199. The van der Waals surface area contributed by atoms with Crippen molar-refractivity contribution in [2.75, 3.05) is 0 Å². The number of allylic oxidation sites excluding steroid dienone is 4. The van der Waals surface area contributed by atoms with E-state index < -0.39 is 0 Å². The van der Waals surface area contributed by atoms with Crippen LogP contribution in [0.15, 0.2) is 63.3 Å². The summed E-state index contributed by atoms with van der Waals surface area (Å²) in [6.07, 6.45) is 21.8. The fourth-order valence-electron chi connectivity index (χ4n) is 10.6. The zero-order valence-corrected chi connectivity index (χ0v) is 44.8. The summed E-state index contributed by atoms with van der Waals surface area (Å²) in [7, 11) is -0.257. The molecule has 4 aromatic rings. The highest BCUT2D eigenvalue weighted by molar-refractivity contribution is 9.10. The van der Waals surface area contributed by atoms with Crippen molar-refractivity contribution in [1.29, 1.82) is 0 Å². The molecule has 66 heavy (non-hydrogen) atoms.